The second-order valence-electron chi connectivity index (χ2n) is 6.55. The highest BCUT2D eigenvalue weighted by molar-refractivity contribution is 7.16. The van der Waals surface area contributed by atoms with Crippen LogP contribution >= 0.6 is 11.3 Å². The maximum atomic E-state index is 12.9. The fraction of sp³-hybridized carbons (Fsp3) is 0.0435. The van der Waals surface area contributed by atoms with Gasteiger partial charge in [-0.3, -0.25) is 9.59 Å². The van der Waals surface area contributed by atoms with E-state index >= 15 is 0 Å². The molecule has 0 aliphatic rings. The van der Waals surface area contributed by atoms with Gasteiger partial charge in [0.1, 0.15) is 0 Å². The molecule has 30 heavy (non-hydrogen) atoms. The lowest BCUT2D eigenvalue weighted by Crippen LogP contribution is -2.19. The van der Waals surface area contributed by atoms with Crippen LogP contribution in [0.3, 0.4) is 0 Å². The van der Waals surface area contributed by atoms with E-state index in [-0.39, 0.29) is 10.2 Å². The highest BCUT2D eigenvalue weighted by Gasteiger charge is 2.31. The highest BCUT2D eigenvalue weighted by atomic mass is 32.1. The molecular weight excluding hydrogens is 411 g/mol. The fourth-order valence-corrected chi connectivity index (χ4v) is 4.02. The van der Waals surface area contributed by atoms with Gasteiger partial charge in [-0.05, 0) is 47.0 Å². The number of alkyl halides is 3. The lowest BCUT2D eigenvalue weighted by Gasteiger charge is -2.06. The van der Waals surface area contributed by atoms with Gasteiger partial charge in [-0.2, -0.15) is 13.2 Å². The first-order chi connectivity index (χ1) is 14.3. The minimum atomic E-state index is -4.51. The SMILES string of the molecule is O=C(C=Cc1cccc(-c2ccccc2)c1)n1c(=O)sc2cc(C(F)(F)F)ccc21. The summed E-state index contributed by atoms with van der Waals surface area (Å²) < 4.78 is 39.7. The van der Waals surface area contributed by atoms with E-state index in [1.165, 1.54) is 6.08 Å². The lowest BCUT2D eigenvalue weighted by molar-refractivity contribution is -0.137. The predicted molar refractivity (Wildman–Crippen MR) is 113 cm³/mol. The molecule has 0 aliphatic heterocycles. The molecule has 0 saturated heterocycles. The van der Waals surface area contributed by atoms with Crippen molar-refractivity contribution in [3.05, 3.63) is 99.7 Å². The van der Waals surface area contributed by atoms with Gasteiger partial charge in [0, 0.05) is 6.08 Å². The van der Waals surface area contributed by atoms with Crippen LogP contribution in [-0.2, 0) is 6.18 Å². The Balaban J connectivity index is 1.65. The summed E-state index contributed by atoms with van der Waals surface area (Å²) in [6.45, 7) is 0. The number of aromatic nitrogens is 1. The number of carbonyl (C=O) groups is 1. The van der Waals surface area contributed by atoms with Crippen LogP contribution in [0, 0.1) is 0 Å². The maximum Gasteiger partial charge on any atom is 0.416 e. The lowest BCUT2D eigenvalue weighted by atomic mass is 10.0. The van der Waals surface area contributed by atoms with Crippen LogP contribution in [0.15, 0.2) is 83.7 Å². The first kappa shape index (κ1) is 19.8. The summed E-state index contributed by atoms with van der Waals surface area (Å²) in [4.78, 5) is 24.2. The van der Waals surface area contributed by atoms with Crippen molar-refractivity contribution >= 4 is 33.5 Å². The molecule has 0 radical (unpaired) electrons. The minimum absolute atomic E-state index is 0.114. The number of allylic oxidation sites excluding steroid dienone is 1. The van der Waals surface area contributed by atoms with Crippen LogP contribution in [0.4, 0.5) is 13.2 Å². The topological polar surface area (TPSA) is 39.1 Å². The third-order valence-corrected chi connectivity index (χ3v) is 5.44. The van der Waals surface area contributed by atoms with Crippen LogP contribution in [0.1, 0.15) is 15.9 Å². The quantitative estimate of drug-likeness (QED) is 0.372. The Hall–Kier alpha value is -3.45. The van der Waals surface area contributed by atoms with Crippen molar-refractivity contribution in [3.63, 3.8) is 0 Å². The molecule has 1 heterocycles. The summed E-state index contributed by atoms with van der Waals surface area (Å²) in [6.07, 6.45) is -1.69. The number of halogens is 3. The van der Waals surface area contributed by atoms with E-state index in [0.717, 1.165) is 39.5 Å². The van der Waals surface area contributed by atoms with E-state index < -0.39 is 22.5 Å². The Morgan fingerprint density at radius 3 is 2.37 bits per heavy atom. The standard InChI is InChI=1S/C23H14F3NO2S/c24-23(25,26)18-10-11-19-20(14-18)30-22(29)27(19)21(28)12-9-15-5-4-8-17(13-15)16-6-2-1-3-7-16/h1-14H. The third kappa shape index (κ3) is 3.97. The van der Waals surface area contributed by atoms with Crippen LogP contribution in [0.25, 0.3) is 27.4 Å². The molecule has 0 amide bonds. The monoisotopic (exact) mass is 425 g/mol. The molecule has 150 valence electrons. The minimum Gasteiger partial charge on any atom is -0.269 e. The maximum absolute atomic E-state index is 12.9. The predicted octanol–water partition coefficient (Wildman–Crippen LogP) is 6.10. The van der Waals surface area contributed by atoms with Crippen LogP contribution in [0.2, 0.25) is 0 Å². The molecule has 0 saturated carbocycles. The zero-order valence-corrected chi connectivity index (χ0v) is 16.2. The average Bonchev–Trinajstić information content (AvgIpc) is 3.07. The van der Waals surface area contributed by atoms with Gasteiger partial charge in [0.25, 0.3) is 5.91 Å². The Labute approximate surface area is 173 Å². The Morgan fingerprint density at radius 1 is 0.900 bits per heavy atom. The van der Waals surface area contributed by atoms with Gasteiger partial charge in [-0.1, -0.05) is 59.9 Å². The molecule has 0 bridgehead atoms. The molecule has 1 aromatic heterocycles. The van der Waals surface area contributed by atoms with Gasteiger partial charge in [-0.25, -0.2) is 4.57 Å². The molecule has 0 spiro atoms. The van der Waals surface area contributed by atoms with Crippen molar-refractivity contribution in [2.75, 3.05) is 0 Å². The molecule has 0 unspecified atom stereocenters. The molecule has 3 nitrogen and oxygen atoms in total. The van der Waals surface area contributed by atoms with E-state index in [9.17, 15) is 22.8 Å². The van der Waals surface area contributed by atoms with Crippen molar-refractivity contribution in [1.82, 2.24) is 4.57 Å². The zero-order valence-electron chi connectivity index (χ0n) is 15.4. The Kier molecular flexibility index (Phi) is 5.13. The fourth-order valence-electron chi connectivity index (χ4n) is 3.10. The molecule has 0 atom stereocenters. The Morgan fingerprint density at radius 2 is 1.63 bits per heavy atom. The van der Waals surface area contributed by atoms with Gasteiger partial charge in [-0.15, -0.1) is 0 Å². The second-order valence-corrected chi connectivity index (χ2v) is 7.54. The van der Waals surface area contributed by atoms with Gasteiger partial charge in [0.05, 0.1) is 15.8 Å². The first-order valence-electron chi connectivity index (χ1n) is 8.94. The van der Waals surface area contributed by atoms with Crippen molar-refractivity contribution in [3.8, 4) is 11.1 Å². The van der Waals surface area contributed by atoms with Gasteiger partial charge < -0.3 is 0 Å². The summed E-state index contributed by atoms with van der Waals surface area (Å²) in [5, 5.41) is 0. The molecule has 4 rings (SSSR count). The van der Waals surface area contributed by atoms with Crippen LogP contribution in [0.5, 0.6) is 0 Å². The normalized spacial score (nSPS) is 12.0. The molecular formula is C23H14F3NO2S. The first-order valence-corrected chi connectivity index (χ1v) is 9.75. The summed E-state index contributed by atoms with van der Waals surface area (Å²) in [7, 11) is 0. The summed E-state index contributed by atoms with van der Waals surface area (Å²) >= 11 is 0.611. The number of rotatable bonds is 3. The Bertz CT molecular complexity index is 1320. The second kappa shape index (κ2) is 7.76. The molecule has 0 fully saturated rings. The molecule has 7 heteroatoms. The number of nitrogens with zero attached hydrogens (tertiary/aromatic N) is 1. The molecule has 4 aromatic rings. The third-order valence-electron chi connectivity index (χ3n) is 4.54. The van der Waals surface area contributed by atoms with Crippen LogP contribution in [-0.4, -0.2) is 10.5 Å². The van der Waals surface area contributed by atoms with Gasteiger partial charge in [0.2, 0.25) is 0 Å². The summed E-state index contributed by atoms with van der Waals surface area (Å²) in [6, 6.07) is 20.2. The molecule has 0 N–H and O–H groups in total. The van der Waals surface area contributed by atoms with Crippen molar-refractivity contribution < 1.29 is 18.0 Å². The number of hydrogen-bond acceptors (Lipinski definition) is 3. The van der Waals surface area contributed by atoms with Crippen molar-refractivity contribution in [2.45, 2.75) is 6.18 Å². The average molecular weight is 425 g/mol. The summed E-state index contributed by atoms with van der Waals surface area (Å²) in [5.74, 6) is -0.615. The highest BCUT2D eigenvalue weighted by Crippen LogP contribution is 2.32. The number of hydrogen-bond donors (Lipinski definition) is 0. The molecule has 0 aliphatic carbocycles. The van der Waals surface area contributed by atoms with Crippen LogP contribution < -0.4 is 4.87 Å². The number of thiazole rings is 1. The van der Waals surface area contributed by atoms with E-state index in [4.69, 9.17) is 0 Å². The van der Waals surface area contributed by atoms with Crippen molar-refractivity contribution in [2.24, 2.45) is 0 Å². The zero-order chi connectivity index (χ0) is 21.3. The van der Waals surface area contributed by atoms with E-state index in [1.54, 1.807) is 6.08 Å². The van der Waals surface area contributed by atoms with E-state index in [2.05, 4.69) is 0 Å². The van der Waals surface area contributed by atoms with Gasteiger partial charge in [0.15, 0.2) is 0 Å². The number of benzene rings is 3. The smallest absolute Gasteiger partial charge is 0.269 e. The van der Waals surface area contributed by atoms with E-state index in [1.807, 2.05) is 54.6 Å². The molecule has 3 aromatic carbocycles. The van der Waals surface area contributed by atoms with Crippen molar-refractivity contribution in [1.29, 1.82) is 0 Å². The summed E-state index contributed by atoms with van der Waals surface area (Å²) in [5.41, 5.74) is 2.06. The van der Waals surface area contributed by atoms with E-state index in [0.29, 0.717) is 11.3 Å². The number of fused-ring (bicyclic) bond motifs is 1. The van der Waals surface area contributed by atoms with Gasteiger partial charge >= 0.3 is 11.0 Å². The number of carbonyl (C=O) groups excluding carboxylic acids is 1. The largest absolute Gasteiger partial charge is 0.416 e.